The first-order chi connectivity index (χ1) is 24.5. The Morgan fingerprint density at radius 1 is 0.849 bits per heavy atom. The van der Waals surface area contributed by atoms with Crippen molar-refractivity contribution in [2.45, 2.75) is 186 Å². The van der Waals surface area contributed by atoms with Gasteiger partial charge in [0.25, 0.3) is 0 Å². The summed E-state index contributed by atoms with van der Waals surface area (Å²) in [6, 6.07) is -0.284. The minimum Gasteiger partial charge on any atom is -0.459 e. The summed E-state index contributed by atoms with van der Waals surface area (Å²) in [6.45, 7) is 17.3. The second kappa shape index (κ2) is 18.3. The van der Waals surface area contributed by atoms with E-state index in [0.717, 1.165) is 0 Å². The van der Waals surface area contributed by atoms with Gasteiger partial charge >= 0.3 is 5.97 Å². The van der Waals surface area contributed by atoms with Crippen molar-refractivity contribution in [3.05, 3.63) is 0 Å². The third-order valence-corrected chi connectivity index (χ3v) is 12.4. The Morgan fingerprint density at radius 2 is 1.45 bits per heavy atom. The highest BCUT2D eigenvalue weighted by atomic mass is 16.7. The molecule has 0 bridgehead atoms. The maximum absolute atomic E-state index is 14.3. The molecule has 3 rings (SSSR count). The summed E-state index contributed by atoms with van der Waals surface area (Å²) in [5, 5.41) is 45.8. The molecule has 0 aromatic heterocycles. The van der Waals surface area contributed by atoms with E-state index in [1.54, 1.807) is 41.5 Å². The Labute approximate surface area is 317 Å². The first-order valence-corrected chi connectivity index (χ1v) is 19.4. The maximum Gasteiger partial charge on any atom is 0.311 e. The zero-order chi connectivity index (χ0) is 40.4. The van der Waals surface area contributed by atoms with Crippen LogP contribution in [0.4, 0.5) is 0 Å². The normalized spacial score (nSPS) is 48.3. The van der Waals surface area contributed by atoms with Crippen molar-refractivity contribution >= 4 is 11.8 Å². The number of nitrogens with zero attached hydrogens (tertiary/aromatic N) is 1. The number of likely N-dealkylation sites (N-methyl/N-ethyl adjacent to an activating group) is 1. The van der Waals surface area contributed by atoms with Crippen molar-refractivity contribution in [3.63, 3.8) is 0 Å². The van der Waals surface area contributed by atoms with Gasteiger partial charge in [0.2, 0.25) is 0 Å². The quantitative estimate of drug-likeness (QED) is 0.252. The number of methoxy groups -OCH3 is 2. The highest BCUT2D eigenvalue weighted by Gasteiger charge is 2.54. The molecule has 18 atom stereocenters. The molecule has 4 N–H and O–H groups in total. The number of esters is 1. The number of Topliss-reactive ketones (excluding diaryl/α,β-unsaturated/α-hetero) is 1. The number of ketones is 1. The van der Waals surface area contributed by atoms with Gasteiger partial charge in [0.05, 0.1) is 47.6 Å². The van der Waals surface area contributed by atoms with E-state index in [2.05, 4.69) is 0 Å². The lowest BCUT2D eigenvalue weighted by Gasteiger charge is -2.50. The molecule has 14 nitrogen and oxygen atoms in total. The van der Waals surface area contributed by atoms with E-state index < -0.39 is 102 Å². The van der Waals surface area contributed by atoms with Gasteiger partial charge in [0.1, 0.15) is 29.7 Å². The van der Waals surface area contributed by atoms with Crippen LogP contribution in [-0.2, 0) is 42.7 Å². The average molecular weight is 762 g/mol. The molecule has 0 aromatic rings. The molecule has 3 aliphatic rings. The van der Waals surface area contributed by atoms with Crippen molar-refractivity contribution in [3.8, 4) is 0 Å². The molecule has 3 fully saturated rings. The minimum atomic E-state index is -1.96. The number of cyclic esters (lactones) is 1. The van der Waals surface area contributed by atoms with Crippen LogP contribution in [0.3, 0.4) is 0 Å². The van der Waals surface area contributed by atoms with E-state index in [0.29, 0.717) is 12.8 Å². The molecule has 3 saturated heterocycles. The van der Waals surface area contributed by atoms with Crippen LogP contribution in [0.25, 0.3) is 0 Å². The number of hydrogen-bond donors (Lipinski definition) is 4. The smallest absolute Gasteiger partial charge is 0.311 e. The zero-order valence-corrected chi connectivity index (χ0v) is 34.6. The summed E-state index contributed by atoms with van der Waals surface area (Å²) in [4.78, 5) is 30.3. The van der Waals surface area contributed by atoms with Gasteiger partial charge in [0, 0.05) is 44.4 Å². The topological polar surface area (TPSA) is 183 Å². The number of carbonyl (C=O) groups excluding carboxylic acids is 2. The average Bonchev–Trinajstić information content (AvgIpc) is 3.10. The highest BCUT2D eigenvalue weighted by Crippen LogP contribution is 2.42. The lowest BCUT2D eigenvalue weighted by molar-refractivity contribution is -0.319. The molecule has 2 unspecified atom stereocenters. The van der Waals surface area contributed by atoms with Gasteiger partial charge in [-0.05, 0) is 74.9 Å². The molecule has 14 heteroatoms. The fourth-order valence-corrected chi connectivity index (χ4v) is 8.70. The van der Waals surface area contributed by atoms with E-state index in [1.807, 2.05) is 39.8 Å². The summed E-state index contributed by atoms with van der Waals surface area (Å²) in [5.74, 6) is -4.45. The Morgan fingerprint density at radius 3 is 2.00 bits per heavy atom. The van der Waals surface area contributed by atoms with Crippen LogP contribution < -0.4 is 0 Å². The number of rotatable bonds is 9. The lowest BCUT2D eigenvalue weighted by Crippen LogP contribution is -2.61. The molecule has 53 heavy (non-hydrogen) atoms. The lowest BCUT2D eigenvalue weighted by atomic mass is 9.73. The molecule has 0 amide bonds. The van der Waals surface area contributed by atoms with Crippen LogP contribution in [0.15, 0.2) is 0 Å². The van der Waals surface area contributed by atoms with Gasteiger partial charge in [-0.15, -0.1) is 0 Å². The first kappa shape index (κ1) is 46.1. The second-order valence-electron chi connectivity index (χ2n) is 17.0. The van der Waals surface area contributed by atoms with Crippen molar-refractivity contribution < 1.29 is 63.2 Å². The van der Waals surface area contributed by atoms with E-state index in [1.165, 1.54) is 21.1 Å². The van der Waals surface area contributed by atoms with E-state index >= 15 is 0 Å². The number of aliphatic hydroxyl groups is 4. The van der Waals surface area contributed by atoms with Gasteiger partial charge in [0.15, 0.2) is 12.6 Å². The van der Waals surface area contributed by atoms with Crippen LogP contribution in [-0.4, -0.2) is 150 Å². The van der Waals surface area contributed by atoms with Gasteiger partial charge < -0.3 is 58.5 Å². The predicted molar refractivity (Wildman–Crippen MR) is 196 cm³/mol. The Kier molecular flexibility index (Phi) is 15.9. The summed E-state index contributed by atoms with van der Waals surface area (Å²) in [7, 11) is 6.78. The van der Waals surface area contributed by atoms with Crippen molar-refractivity contribution in [2.75, 3.05) is 28.3 Å². The molecule has 3 heterocycles. The van der Waals surface area contributed by atoms with Gasteiger partial charge in [-0.1, -0.05) is 34.1 Å². The maximum atomic E-state index is 14.3. The fraction of sp³-hybridized carbons (Fsp3) is 0.949. The Balaban J connectivity index is 2.23. The number of ether oxygens (including phenoxy) is 7. The minimum absolute atomic E-state index is 0.112. The molecule has 0 saturated carbocycles. The molecular formula is C39H71NO13. The standard InChI is InChI=1S/C39H71NO13/c1-15-16-27-39(10,46)32(43)22(4)29(41)20(2)18-38(9,48-14)34(53-36-30(42)26(40(11)12)17-21(3)49-36)23(5)31(24(6)35(45)51-27)52-28-19-37(8,47-13)33(44)25(7)50-28/h20-28,30-34,36,42-44,46H,15-19H2,1-14H3/t20-,21-,22+,23+,24-,25+,26+,27?,28+,30-,31?,32-,33+,34-,36+,37-,38-,39-/m1/s1. The highest BCUT2D eigenvalue weighted by molar-refractivity contribution is 5.83. The summed E-state index contributed by atoms with van der Waals surface area (Å²) >= 11 is 0. The van der Waals surface area contributed by atoms with Crippen LogP contribution in [0.1, 0.15) is 101 Å². The fourth-order valence-electron chi connectivity index (χ4n) is 8.70. The molecule has 3 aliphatic heterocycles. The van der Waals surface area contributed by atoms with Crippen molar-refractivity contribution in [1.29, 1.82) is 0 Å². The number of aliphatic hydroxyl groups excluding tert-OH is 3. The molecule has 310 valence electrons. The summed E-state index contributed by atoms with van der Waals surface area (Å²) in [5.41, 5.74) is -4.25. The van der Waals surface area contributed by atoms with Gasteiger partial charge in [-0.3, -0.25) is 9.59 Å². The second-order valence-corrected chi connectivity index (χ2v) is 17.0. The molecule has 0 spiro atoms. The molecule has 0 aromatic carbocycles. The monoisotopic (exact) mass is 761 g/mol. The predicted octanol–water partition coefficient (Wildman–Crippen LogP) is 2.83. The van der Waals surface area contributed by atoms with Gasteiger partial charge in [-0.25, -0.2) is 0 Å². The third-order valence-electron chi connectivity index (χ3n) is 12.4. The van der Waals surface area contributed by atoms with Gasteiger partial charge in [-0.2, -0.15) is 0 Å². The van der Waals surface area contributed by atoms with E-state index in [-0.39, 0.29) is 37.2 Å². The SMILES string of the molecule is CCCC1OC(=O)[C@H](C)C(O[C@H]2C[C@@](C)(OC)[C@@H](O)[C@H](C)O2)[C@H](C)[C@@H](O[C@@H]2O[C@H](C)C[C@H](N(C)C)[C@H]2O)[C@](C)(OC)C[C@@H](C)C(=O)[C@H](C)[C@@H](O)[C@]1(C)O. The number of carbonyl (C=O) groups is 2. The first-order valence-electron chi connectivity index (χ1n) is 19.4. The van der Waals surface area contributed by atoms with Crippen LogP contribution in [0, 0.1) is 23.7 Å². The van der Waals surface area contributed by atoms with E-state index in [9.17, 15) is 30.0 Å². The van der Waals surface area contributed by atoms with Crippen LogP contribution in [0.2, 0.25) is 0 Å². The molecular weight excluding hydrogens is 690 g/mol. The third kappa shape index (κ3) is 9.99. The molecule has 0 aliphatic carbocycles. The van der Waals surface area contributed by atoms with Crippen molar-refractivity contribution in [2.24, 2.45) is 23.7 Å². The summed E-state index contributed by atoms with van der Waals surface area (Å²) < 4.78 is 44.1. The zero-order valence-electron chi connectivity index (χ0n) is 34.6. The van der Waals surface area contributed by atoms with Crippen LogP contribution >= 0.6 is 0 Å². The Hall–Kier alpha value is -1.30. The summed E-state index contributed by atoms with van der Waals surface area (Å²) in [6.07, 6.45) is -8.12. The van der Waals surface area contributed by atoms with Crippen molar-refractivity contribution in [1.82, 2.24) is 4.90 Å². The van der Waals surface area contributed by atoms with E-state index in [4.69, 9.17) is 33.2 Å². The number of hydrogen-bond acceptors (Lipinski definition) is 14. The van der Waals surface area contributed by atoms with Crippen LogP contribution in [0.5, 0.6) is 0 Å². The molecule has 0 radical (unpaired) electrons. The largest absolute Gasteiger partial charge is 0.459 e. The Bertz CT molecular complexity index is 1200.